The zero-order valence-electron chi connectivity index (χ0n) is 40.3. The zero-order chi connectivity index (χ0) is 45.6. The number of nitrogens with one attached hydrogen (secondary N) is 1. The van der Waals surface area contributed by atoms with Gasteiger partial charge in [-0.05, 0) is 116 Å². The van der Waals surface area contributed by atoms with Gasteiger partial charge in [-0.25, -0.2) is 0 Å². The highest BCUT2D eigenvalue weighted by atomic mass is 16.3. The highest BCUT2D eigenvalue weighted by Gasteiger charge is 2.17. The van der Waals surface area contributed by atoms with E-state index in [2.05, 4.69) is 165 Å². The number of carbonyl (C=O) groups is 1. The molecule has 0 radical (unpaired) electrons. The first-order valence-corrected chi connectivity index (χ1v) is 25.2. The molecule has 0 fully saturated rings. The maximum absolute atomic E-state index is 12.4. The molecule has 0 aliphatic carbocycles. The third-order valence-electron chi connectivity index (χ3n) is 10.2. The summed E-state index contributed by atoms with van der Waals surface area (Å²) in [6.07, 6.45) is 85.2. The number of aliphatic hydroxyl groups excluding tert-OH is 2. The Morgan fingerprint density at radius 2 is 0.714 bits per heavy atom. The van der Waals surface area contributed by atoms with Crippen molar-refractivity contribution in [2.24, 2.45) is 0 Å². The average molecular weight is 864 g/mol. The summed E-state index contributed by atoms with van der Waals surface area (Å²) in [6.45, 7) is 4.12. The molecule has 0 aliphatic heterocycles. The molecule has 2 unspecified atom stereocenters. The summed E-state index contributed by atoms with van der Waals surface area (Å²) in [5.41, 5.74) is 0. The van der Waals surface area contributed by atoms with E-state index in [9.17, 15) is 15.0 Å². The quantitative estimate of drug-likeness (QED) is 0.0422. The van der Waals surface area contributed by atoms with E-state index >= 15 is 0 Å². The smallest absolute Gasteiger partial charge is 0.220 e. The van der Waals surface area contributed by atoms with Crippen LogP contribution in [0, 0.1) is 0 Å². The van der Waals surface area contributed by atoms with Gasteiger partial charge in [0, 0.05) is 6.42 Å². The number of carbonyl (C=O) groups excluding carboxylic acids is 1. The molecule has 0 aliphatic rings. The minimum atomic E-state index is -0.875. The molecule has 0 saturated heterocycles. The zero-order valence-corrected chi connectivity index (χ0v) is 40.3. The Hall–Kier alpha value is -3.99. The van der Waals surface area contributed by atoms with Crippen molar-refractivity contribution in [3.63, 3.8) is 0 Å². The first-order valence-electron chi connectivity index (χ1n) is 25.2. The highest BCUT2D eigenvalue weighted by Crippen LogP contribution is 2.11. The van der Waals surface area contributed by atoms with Gasteiger partial charge in [0.2, 0.25) is 5.91 Å². The second-order valence-electron chi connectivity index (χ2n) is 16.1. The maximum Gasteiger partial charge on any atom is 0.220 e. The fraction of sp³-hybridized carbons (Fsp3) is 0.542. The molecule has 3 N–H and O–H groups in total. The predicted molar refractivity (Wildman–Crippen MR) is 280 cm³/mol. The van der Waals surface area contributed by atoms with Gasteiger partial charge in [-0.15, -0.1) is 0 Å². The fourth-order valence-electron chi connectivity index (χ4n) is 6.43. The topological polar surface area (TPSA) is 69.6 Å². The van der Waals surface area contributed by atoms with Crippen LogP contribution in [0.3, 0.4) is 0 Å². The lowest BCUT2D eigenvalue weighted by Gasteiger charge is -2.19. The van der Waals surface area contributed by atoms with Crippen LogP contribution in [0.5, 0.6) is 0 Å². The Kier molecular flexibility index (Phi) is 49.0. The van der Waals surface area contributed by atoms with E-state index in [-0.39, 0.29) is 12.5 Å². The lowest BCUT2D eigenvalue weighted by molar-refractivity contribution is -0.123. The van der Waals surface area contributed by atoms with Gasteiger partial charge in [-0.2, -0.15) is 0 Å². The standard InChI is InChI=1S/C59H93NO3/c1-3-5-7-9-11-13-15-16-17-18-19-20-21-22-23-24-25-26-27-28-29-30-31-32-33-34-35-36-37-38-39-40-41-42-43-44-45-47-49-51-53-55-59(63)60-57(56-61)58(62)54-52-50-48-46-14-12-10-8-6-4-2/h5,7,11,13-14,16-17,19-20,22-23,25-26,28-29,31-32,34-35,37-38,40-41,46,52,54,57-58,61-62H,3-4,6,8-10,12,15,18,21,24,27,30,33,36,39,42-45,47-51,53,55-56H2,1-2H3,(H,60,63)/b7-5-,13-11-,17-16-,20-19-,23-22-,26-25-,29-28-,32-31-,35-34-,38-37-,41-40-,46-14+,54-52+. The lowest BCUT2D eigenvalue weighted by atomic mass is 10.1. The van der Waals surface area contributed by atoms with E-state index in [4.69, 9.17) is 0 Å². The molecular formula is C59H93NO3. The van der Waals surface area contributed by atoms with Gasteiger partial charge in [0.15, 0.2) is 0 Å². The minimum absolute atomic E-state index is 0.0955. The normalized spacial score (nSPS) is 14.3. The van der Waals surface area contributed by atoms with E-state index in [1.807, 2.05) is 6.08 Å². The molecule has 0 rings (SSSR count). The number of allylic oxidation sites excluding steroid dienone is 25. The fourth-order valence-corrected chi connectivity index (χ4v) is 6.43. The lowest BCUT2D eigenvalue weighted by Crippen LogP contribution is -2.45. The van der Waals surface area contributed by atoms with Crippen molar-refractivity contribution in [3.8, 4) is 0 Å². The average Bonchev–Trinajstić information content (AvgIpc) is 3.29. The van der Waals surface area contributed by atoms with Crippen LogP contribution in [0.25, 0.3) is 0 Å². The summed E-state index contributed by atoms with van der Waals surface area (Å²) in [5.74, 6) is -0.0955. The van der Waals surface area contributed by atoms with E-state index in [1.54, 1.807) is 6.08 Å². The summed E-state index contributed by atoms with van der Waals surface area (Å²) in [5, 5.41) is 22.9. The van der Waals surface area contributed by atoms with Crippen LogP contribution in [0.1, 0.15) is 187 Å². The van der Waals surface area contributed by atoms with Gasteiger partial charge in [-0.1, -0.05) is 223 Å². The molecule has 1 amide bonds. The van der Waals surface area contributed by atoms with Crippen molar-refractivity contribution < 1.29 is 15.0 Å². The van der Waals surface area contributed by atoms with Crippen molar-refractivity contribution in [3.05, 3.63) is 158 Å². The van der Waals surface area contributed by atoms with Crippen molar-refractivity contribution in [2.45, 2.75) is 199 Å². The van der Waals surface area contributed by atoms with Gasteiger partial charge >= 0.3 is 0 Å². The molecule has 0 aromatic carbocycles. The van der Waals surface area contributed by atoms with Crippen LogP contribution < -0.4 is 5.32 Å². The number of hydrogen-bond acceptors (Lipinski definition) is 3. The SMILES string of the molecule is CC/C=C\C/C=C\C/C=C\C/C=C\C/C=C\C/C=C\C/C=C\C/C=C\C/C=C\C/C=C\C/C=C\CCCCCCCCCC(=O)NC(CO)C(O)/C=C/CC/C=C/CCCCCC. The van der Waals surface area contributed by atoms with E-state index in [0.717, 1.165) is 116 Å². The number of amides is 1. The van der Waals surface area contributed by atoms with Crippen LogP contribution in [0.4, 0.5) is 0 Å². The summed E-state index contributed by atoms with van der Waals surface area (Å²) in [4.78, 5) is 12.4. The van der Waals surface area contributed by atoms with Crippen LogP contribution >= 0.6 is 0 Å². The van der Waals surface area contributed by atoms with Gasteiger partial charge in [0.05, 0.1) is 18.8 Å². The molecule has 4 nitrogen and oxygen atoms in total. The summed E-state index contributed by atoms with van der Waals surface area (Å²) in [7, 11) is 0. The second-order valence-corrected chi connectivity index (χ2v) is 16.1. The molecule has 0 heterocycles. The highest BCUT2D eigenvalue weighted by molar-refractivity contribution is 5.76. The Morgan fingerprint density at radius 3 is 1.11 bits per heavy atom. The molecule has 352 valence electrons. The van der Waals surface area contributed by atoms with Crippen LogP contribution in [0.15, 0.2) is 158 Å². The van der Waals surface area contributed by atoms with Gasteiger partial charge in [-0.3, -0.25) is 4.79 Å². The Bertz CT molecular complexity index is 1400. The van der Waals surface area contributed by atoms with Crippen molar-refractivity contribution in [1.82, 2.24) is 5.32 Å². The van der Waals surface area contributed by atoms with E-state index < -0.39 is 12.1 Å². The maximum atomic E-state index is 12.4. The second kappa shape index (κ2) is 52.4. The van der Waals surface area contributed by atoms with Gasteiger partial charge < -0.3 is 15.5 Å². The third kappa shape index (κ3) is 48.9. The van der Waals surface area contributed by atoms with Crippen LogP contribution in [-0.4, -0.2) is 34.9 Å². The number of unbranched alkanes of at least 4 members (excludes halogenated alkanes) is 12. The number of hydrogen-bond donors (Lipinski definition) is 3. The van der Waals surface area contributed by atoms with Crippen molar-refractivity contribution in [2.75, 3.05) is 6.61 Å². The number of aliphatic hydroxyl groups is 2. The molecular weight excluding hydrogens is 771 g/mol. The molecule has 0 spiro atoms. The molecule has 0 aromatic rings. The van der Waals surface area contributed by atoms with Crippen molar-refractivity contribution >= 4 is 5.91 Å². The van der Waals surface area contributed by atoms with E-state index in [0.29, 0.717) is 6.42 Å². The summed E-state index contributed by atoms with van der Waals surface area (Å²) < 4.78 is 0. The molecule has 0 saturated carbocycles. The Balaban J connectivity index is 3.69. The summed E-state index contributed by atoms with van der Waals surface area (Å²) >= 11 is 0. The van der Waals surface area contributed by atoms with Crippen LogP contribution in [-0.2, 0) is 4.79 Å². The van der Waals surface area contributed by atoms with Gasteiger partial charge in [0.25, 0.3) is 0 Å². The molecule has 4 heteroatoms. The first kappa shape index (κ1) is 59.0. The largest absolute Gasteiger partial charge is 0.394 e. The van der Waals surface area contributed by atoms with Crippen molar-refractivity contribution in [1.29, 1.82) is 0 Å². The first-order chi connectivity index (χ1) is 31.2. The number of rotatable bonds is 43. The monoisotopic (exact) mass is 864 g/mol. The molecule has 0 aromatic heterocycles. The summed E-state index contributed by atoms with van der Waals surface area (Å²) in [6, 6.07) is -0.654. The third-order valence-corrected chi connectivity index (χ3v) is 10.2. The van der Waals surface area contributed by atoms with Crippen LogP contribution in [0.2, 0.25) is 0 Å². The molecule has 0 bridgehead atoms. The Morgan fingerprint density at radius 1 is 0.397 bits per heavy atom. The molecule has 2 atom stereocenters. The van der Waals surface area contributed by atoms with E-state index in [1.165, 1.54) is 51.4 Å². The van der Waals surface area contributed by atoms with Gasteiger partial charge in [0.1, 0.15) is 0 Å². The predicted octanol–water partition coefficient (Wildman–Crippen LogP) is 16.6. The minimum Gasteiger partial charge on any atom is -0.394 e. The Labute approximate surface area is 388 Å². The molecule has 63 heavy (non-hydrogen) atoms.